The summed E-state index contributed by atoms with van der Waals surface area (Å²) in [5, 5.41) is 2.13. The molecular weight excluding hydrogens is 542 g/mol. The molecule has 0 aromatic heterocycles. The average Bonchev–Trinajstić information content (AvgIpc) is 3.13. The zero-order valence-corrected chi connectivity index (χ0v) is 20.1. The third kappa shape index (κ3) is 4.92. The van der Waals surface area contributed by atoms with Gasteiger partial charge >= 0.3 is 11.9 Å². The highest BCUT2D eigenvalue weighted by Crippen LogP contribution is 2.36. The normalized spacial score (nSPS) is 14.4. The van der Waals surface area contributed by atoms with Crippen LogP contribution in [0.5, 0.6) is 5.75 Å². The minimum Gasteiger partial charge on any atom is -0.480 e. The Morgan fingerprint density at radius 3 is 2.50 bits per heavy atom. The van der Waals surface area contributed by atoms with Crippen molar-refractivity contribution in [3.05, 3.63) is 80.4 Å². The minimum atomic E-state index is -0.525. The summed E-state index contributed by atoms with van der Waals surface area (Å²) >= 11 is 6.87. The second kappa shape index (κ2) is 9.67. The molecule has 3 aromatic rings. The molecule has 0 aliphatic carbocycles. The molecule has 32 heavy (non-hydrogen) atoms. The van der Waals surface area contributed by atoms with Gasteiger partial charge in [0.2, 0.25) is 5.90 Å². The van der Waals surface area contributed by atoms with E-state index < -0.39 is 11.9 Å². The number of nitrogens with zero attached hydrogens (tertiary/aromatic N) is 1. The van der Waals surface area contributed by atoms with Gasteiger partial charge in [0.25, 0.3) is 0 Å². The van der Waals surface area contributed by atoms with E-state index in [1.165, 1.54) is 0 Å². The second-order valence-corrected chi connectivity index (χ2v) is 8.51. The molecule has 0 bridgehead atoms. The van der Waals surface area contributed by atoms with Crippen LogP contribution in [-0.2, 0) is 19.1 Å². The van der Waals surface area contributed by atoms with Gasteiger partial charge < -0.3 is 14.2 Å². The van der Waals surface area contributed by atoms with E-state index in [1.54, 1.807) is 25.1 Å². The van der Waals surface area contributed by atoms with Crippen molar-refractivity contribution in [1.29, 1.82) is 0 Å². The van der Waals surface area contributed by atoms with E-state index in [-0.39, 0.29) is 24.8 Å². The Balaban J connectivity index is 1.58. The molecule has 1 heterocycles. The molecular formula is C24H17Br2NO5. The number of esters is 2. The molecule has 0 radical (unpaired) electrons. The van der Waals surface area contributed by atoms with Crippen LogP contribution in [0.15, 0.2) is 74.2 Å². The van der Waals surface area contributed by atoms with E-state index >= 15 is 0 Å². The fourth-order valence-electron chi connectivity index (χ4n) is 3.15. The monoisotopic (exact) mass is 557 g/mol. The molecule has 4 rings (SSSR count). The Labute approximate surface area is 201 Å². The summed E-state index contributed by atoms with van der Waals surface area (Å²) in [6.45, 7) is 1.81. The molecule has 0 saturated carbocycles. The zero-order valence-electron chi connectivity index (χ0n) is 16.9. The number of carbonyl (C=O) groups excluding carboxylic acids is 2. The lowest BCUT2D eigenvalue weighted by Crippen LogP contribution is -2.15. The van der Waals surface area contributed by atoms with Crippen molar-refractivity contribution in [1.82, 2.24) is 0 Å². The largest absolute Gasteiger partial charge is 0.480 e. The van der Waals surface area contributed by atoms with Gasteiger partial charge in [-0.1, -0.05) is 30.3 Å². The van der Waals surface area contributed by atoms with Gasteiger partial charge in [-0.25, -0.2) is 14.6 Å². The summed E-state index contributed by atoms with van der Waals surface area (Å²) < 4.78 is 17.0. The second-order valence-electron chi connectivity index (χ2n) is 6.81. The van der Waals surface area contributed by atoms with E-state index in [1.807, 2.05) is 42.5 Å². The van der Waals surface area contributed by atoms with Gasteiger partial charge in [-0.15, -0.1) is 0 Å². The number of rotatable bonds is 6. The molecule has 0 unspecified atom stereocenters. The lowest BCUT2D eigenvalue weighted by molar-refractivity contribution is -0.145. The maximum Gasteiger partial charge on any atom is 0.363 e. The zero-order chi connectivity index (χ0) is 22.7. The van der Waals surface area contributed by atoms with Crippen LogP contribution in [0, 0.1) is 0 Å². The maximum absolute atomic E-state index is 12.4. The van der Waals surface area contributed by atoms with E-state index in [0.717, 1.165) is 16.3 Å². The Hall–Kier alpha value is -2.97. The fourth-order valence-corrected chi connectivity index (χ4v) is 4.60. The molecule has 0 N–H and O–H groups in total. The third-order valence-electron chi connectivity index (χ3n) is 4.58. The summed E-state index contributed by atoms with van der Waals surface area (Å²) in [6, 6.07) is 17.2. The quantitative estimate of drug-likeness (QED) is 0.289. The Kier molecular flexibility index (Phi) is 6.72. The van der Waals surface area contributed by atoms with Crippen LogP contribution in [-0.4, -0.2) is 31.1 Å². The van der Waals surface area contributed by atoms with Gasteiger partial charge in [0.05, 0.1) is 15.6 Å². The van der Waals surface area contributed by atoms with Gasteiger partial charge in [-0.2, -0.15) is 0 Å². The van der Waals surface area contributed by atoms with E-state index in [4.69, 9.17) is 14.2 Å². The Bertz CT molecular complexity index is 1260. The molecule has 0 amide bonds. The number of carbonyl (C=O) groups is 2. The summed E-state index contributed by atoms with van der Waals surface area (Å²) in [6.07, 6.45) is 1.63. The van der Waals surface area contributed by atoms with Gasteiger partial charge in [0.1, 0.15) is 5.75 Å². The van der Waals surface area contributed by atoms with Gasteiger partial charge in [-0.05, 0) is 85.5 Å². The van der Waals surface area contributed by atoms with Crippen LogP contribution in [0.2, 0.25) is 0 Å². The summed E-state index contributed by atoms with van der Waals surface area (Å²) in [4.78, 5) is 28.3. The van der Waals surface area contributed by atoms with Gasteiger partial charge in [0.15, 0.2) is 12.3 Å². The van der Waals surface area contributed by atoms with Crippen molar-refractivity contribution in [2.75, 3.05) is 13.2 Å². The number of halogens is 2. The SMILES string of the molecule is CCOC(=O)COc1c(Br)cc(/C=C2\N=C(c3ccc4ccccc4c3)OC2=O)cc1Br. The molecule has 8 heteroatoms. The molecule has 162 valence electrons. The number of aliphatic imine (C=N–C) groups is 1. The van der Waals surface area contributed by atoms with Gasteiger partial charge in [-0.3, -0.25) is 0 Å². The van der Waals surface area contributed by atoms with Crippen molar-refractivity contribution in [2.45, 2.75) is 6.92 Å². The molecule has 3 aromatic carbocycles. The van der Waals surface area contributed by atoms with Crippen LogP contribution >= 0.6 is 31.9 Å². The molecule has 6 nitrogen and oxygen atoms in total. The van der Waals surface area contributed by atoms with Crippen LogP contribution in [0.25, 0.3) is 16.8 Å². The number of benzene rings is 3. The van der Waals surface area contributed by atoms with Crippen molar-refractivity contribution in [3.8, 4) is 5.75 Å². The molecule has 0 saturated heterocycles. The molecule has 0 fully saturated rings. The molecule has 1 aliphatic rings. The first-order chi connectivity index (χ1) is 15.4. The van der Waals surface area contributed by atoms with Crippen molar-refractivity contribution >= 4 is 66.5 Å². The van der Waals surface area contributed by atoms with Crippen LogP contribution in [0.4, 0.5) is 0 Å². The smallest absolute Gasteiger partial charge is 0.363 e. The number of fused-ring (bicyclic) bond motifs is 1. The summed E-state index contributed by atoms with van der Waals surface area (Å²) in [5.74, 6) is -0.265. The van der Waals surface area contributed by atoms with E-state index in [2.05, 4.69) is 36.9 Å². The van der Waals surface area contributed by atoms with Crippen LogP contribution in [0.1, 0.15) is 18.1 Å². The Morgan fingerprint density at radius 1 is 1.06 bits per heavy atom. The first kappa shape index (κ1) is 22.2. The molecule has 0 atom stereocenters. The predicted molar refractivity (Wildman–Crippen MR) is 129 cm³/mol. The van der Waals surface area contributed by atoms with Crippen molar-refractivity contribution in [3.63, 3.8) is 0 Å². The summed E-state index contributed by atoms with van der Waals surface area (Å²) in [5.41, 5.74) is 1.61. The van der Waals surface area contributed by atoms with Crippen LogP contribution < -0.4 is 4.74 Å². The topological polar surface area (TPSA) is 74.2 Å². The van der Waals surface area contributed by atoms with Crippen molar-refractivity contribution in [2.24, 2.45) is 4.99 Å². The first-order valence-corrected chi connectivity index (χ1v) is 11.3. The lowest BCUT2D eigenvalue weighted by atomic mass is 10.1. The first-order valence-electron chi connectivity index (χ1n) is 9.74. The van der Waals surface area contributed by atoms with E-state index in [0.29, 0.717) is 20.3 Å². The lowest BCUT2D eigenvalue weighted by Gasteiger charge is -2.10. The highest BCUT2D eigenvalue weighted by molar-refractivity contribution is 9.11. The van der Waals surface area contributed by atoms with Gasteiger partial charge in [0, 0.05) is 5.56 Å². The number of cyclic esters (lactones) is 1. The predicted octanol–water partition coefficient (Wildman–Crippen LogP) is 5.65. The highest BCUT2D eigenvalue weighted by atomic mass is 79.9. The number of hydrogen-bond acceptors (Lipinski definition) is 6. The van der Waals surface area contributed by atoms with Crippen molar-refractivity contribution < 1.29 is 23.8 Å². The highest BCUT2D eigenvalue weighted by Gasteiger charge is 2.24. The third-order valence-corrected chi connectivity index (χ3v) is 5.76. The summed E-state index contributed by atoms with van der Waals surface area (Å²) in [7, 11) is 0. The molecule has 1 aliphatic heterocycles. The number of ether oxygens (including phenoxy) is 3. The minimum absolute atomic E-state index is 0.187. The number of hydrogen-bond donors (Lipinski definition) is 0. The fraction of sp³-hybridized carbons (Fsp3) is 0.125. The maximum atomic E-state index is 12.4. The molecule has 0 spiro atoms. The van der Waals surface area contributed by atoms with E-state index in [9.17, 15) is 9.59 Å². The standard InChI is InChI=1S/C24H17Br2NO5/c1-2-30-21(28)13-31-22-18(25)9-14(10-19(22)26)11-20-24(29)32-23(27-20)17-8-7-15-5-3-4-6-16(15)12-17/h3-12H,2,13H2,1H3/b20-11-. The Morgan fingerprint density at radius 2 is 1.78 bits per heavy atom. The average molecular weight is 559 g/mol. The van der Waals surface area contributed by atoms with Crippen LogP contribution in [0.3, 0.4) is 0 Å².